The molecule has 13 nitrogen and oxygen atoms in total. The van der Waals surface area contributed by atoms with Crippen molar-refractivity contribution >= 4 is 23.5 Å². The molecule has 1 fully saturated rings. The summed E-state index contributed by atoms with van der Waals surface area (Å²) in [5, 5.41) is 43.8. The summed E-state index contributed by atoms with van der Waals surface area (Å²) in [6, 6.07) is 12.7. The second-order valence-electron chi connectivity index (χ2n) is 12.2. The molecule has 6 N–H and O–H groups in total. The lowest BCUT2D eigenvalue weighted by molar-refractivity contribution is -0.891. The third-order valence-corrected chi connectivity index (χ3v) is 7.93. The second-order valence-corrected chi connectivity index (χ2v) is 12.2. The number of aliphatic hydroxyl groups excluding tert-OH is 3. The van der Waals surface area contributed by atoms with E-state index in [1.165, 1.54) is 17.7 Å². The number of fused-ring (bicyclic) bond motifs is 1. The third-order valence-electron chi connectivity index (χ3n) is 7.93. The fraction of sp³-hybridized carbons (Fsp3) is 0.529. The maximum absolute atomic E-state index is 12.9. The van der Waals surface area contributed by atoms with Crippen molar-refractivity contribution in [3.63, 3.8) is 0 Å². The van der Waals surface area contributed by atoms with E-state index in [0.717, 1.165) is 25.2 Å². The van der Waals surface area contributed by atoms with Crippen molar-refractivity contribution in [3.8, 4) is 17.2 Å². The highest BCUT2D eigenvalue weighted by atomic mass is 16.6. The van der Waals surface area contributed by atoms with Gasteiger partial charge in [0, 0.05) is 43.6 Å². The molecule has 0 amide bonds. The summed E-state index contributed by atoms with van der Waals surface area (Å²) >= 11 is 0. The molecule has 2 heterocycles. The van der Waals surface area contributed by atoms with Crippen LogP contribution in [0, 0.1) is 11.8 Å². The number of carboxylic acids is 2. The van der Waals surface area contributed by atoms with Crippen LogP contribution in [0.15, 0.2) is 42.5 Å². The Balaban J connectivity index is 0.000000520. The van der Waals surface area contributed by atoms with Gasteiger partial charge in [-0.2, -0.15) is 0 Å². The molecular formula is C34H46NO12+. The van der Waals surface area contributed by atoms with Gasteiger partial charge in [0.25, 0.3) is 0 Å². The van der Waals surface area contributed by atoms with Gasteiger partial charge < -0.3 is 44.6 Å². The molecule has 2 aliphatic rings. The molecule has 0 bridgehead atoms. The van der Waals surface area contributed by atoms with Crippen molar-refractivity contribution in [3.05, 3.63) is 53.6 Å². The SMILES string of the molecule is CC(C)CC(=O)c1ccc(OCCC(=O)C[C@H](C[NH+]2CCCC2)[C@H](O)c2ccc3c(c2)OCCO3)cc1.O=C(O)[C@@H](O)[C@H](O)C(=O)O. The zero-order chi connectivity index (χ0) is 34.5. The van der Waals surface area contributed by atoms with Gasteiger partial charge in [0.05, 0.1) is 32.3 Å². The number of hydrogen-bond acceptors (Lipinski definition) is 10. The average Bonchev–Trinajstić information content (AvgIpc) is 3.56. The van der Waals surface area contributed by atoms with E-state index in [9.17, 15) is 24.3 Å². The van der Waals surface area contributed by atoms with Crippen LogP contribution in [0.5, 0.6) is 17.2 Å². The first-order valence-corrected chi connectivity index (χ1v) is 15.9. The van der Waals surface area contributed by atoms with Crippen LogP contribution in [0.25, 0.3) is 0 Å². The number of aliphatic carboxylic acids is 2. The molecule has 2 aromatic rings. The van der Waals surface area contributed by atoms with Crippen LogP contribution in [0.2, 0.25) is 0 Å². The number of rotatable bonds is 16. The lowest BCUT2D eigenvalue weighted by atomic mass is 9.89. The lowest BCUT2D eigenvalue weighted by Gasteiger charge is -2.26. The summed E-state index contributed by atoms with van der Waals surface area (Å²) < 4.78 is 17.1. The molecular weight excluding hydrogens is 614 g/mol. The molecule has 258 valence electrons. The van der Waals surface area contributed by atoms with Crippen LogP contribution in [0.1, 0.15) is 68.0 Å². The topological polar surface area (TPSA) is 202 Å². The summed E-state index contributed by atoms with van der Waals surface area (Å²) in [6.45, 7) is 8.25. The fourth-order valence-corrected chi connectivity index (χ4v) is 5.43. The van der Waals surface area contributed by atoms with E-state index in [1.54, 1.807) is 24.3 Å². The number of ether oxygens (including phenoxy) is 3. The first-order valence-electron chi connectivity index (χ1n) is 15.9. The van der Waals surface area contributed by atoms with Gasteiger partial charge >= 0.3 is 11.9 Å². The van der Waals surface area contributed by atoms with E-state index in [2.05, 4.69) is 0 Å². The van der Waals surface area contributed by atoms with Crippen LogP contribution >= 0.6 is 0 Å². The Labute approximate surface area is 273 Å². The molecule has 0 spiro atoms. The Morgan fingerprint density at radius 2 is 1.43 bits per heavy atom. The first kappa shape index (κ1) is 37.4. The highest BCUT2D eigenvalue weighted by Crippen LogP contribution is 2.35. The zero-order valence-corrected chi connectivity index (χ0v) is 26.8. The molecule has 47 heavy (non-hydrogen) atoms. The molecule has 0 aliphatic carbocycles. The number of carbonyl (C=O) groups excluding carboxylic acids is 2. The van der Waals surface area contributed by atoms with E-state index < -0.39 is 30.3 Å². The number of nitrogens with one attached hydrogen (secondary N) is 1. The van der Waals surface area contributed by atoms with Crippen molar-refractivity contribution in [1.82, 2.24) is 0 Å². The normalized spacial score (nSPS) is 16.7. The summed E-state index contributed by atoms with van der Waals surface area (Å²) in [4.78, 5) is 46.1. The van der Waals surface area contributed by atoms with Crippen LogP contribution in [0.3, 0.4) is 0 Å². The predicted molar refractivity (Wildman–Crippen MR) is 168 cm³/mol. The van der Waals surface area contributed by atoms with Crippen molar-refractivity contribution < 1.29 is 63.8 Å². The summed E-state index contributed by atoms with van der Waals surface area (Å²) in [6.07, 6.45) is -1.83. The van der Waals surface area contributed by atoms with Crippen LogP contribution in [-0.4, -0.2) is 101 Å². The highest BCUT2D eigenvalue weighted by molar-refractivity contribution is 5.96. The van der Waals surface area contributed by atoms with Gasteiger partial charge in [0.15, 0.2) is 29.5 Å². The fourth-order valence-electron chi connectivity index (χ4n) is 5.43. The number of likely N-dealkylation sites (tertiary alicyclic amines) is 1. The number of carboxylic acid groups (broad SMARTS) is 2. The monoisotopic (exact) mass is 660 g/mol. The summed E-state index contributed by atoms with van der Waals surface area (Å²) in [5.74, 6) is -1.23. The van der Waals surface area contributed by atoms with Crippen molar-refractivity contribution in [2.45, 2.75) is 64.3 Å². The number of carbonyl (C=O) groups is 4. The molecule has 13 heteroatoms. The Morgan fingerprint density at radius 1 is 0.830 bits per heavy atom. The van der Waals surface area contributed by atoms with Gasteiger partial charge in [-0.3, -0.25) is 9.59 Å². The van der Waals surface area contributed by atoms with Gasteiger partial charge in [-0.25, -0.2) is 9.59 Å². The predicted octanol–water partition coefficient (Wildman–Crippen LogP) is 1.32. The molecule has 1 saturated heterocycles. The minimum Gasteiger partial charge on any atom is -0.493 e. The molecule has 2 aromatic carbocycles. The number of hydrogen-bond donors (Lipinski definition) is 6. The maximum Gasteiger partial charge on any atom is 0.335 e. The van der Waals surface area contributed by atoms with Crippen molar-refractivity contribution in [1.29, 1.82) is 0 Å². The van der Waals surface area contributed by atoms with E-state index in [4.69, 9.17) is 34.6 Å². The Hall–Kier alpha value is -4.04. The molecule has 0 radical (unpaired) electrons. The Bertz CT molecular complexity index is 1320. The highest BCUT2D eigenvalue weighted by Gasteiger charge is 2.31. The third kappa shape index (κ3) is 11.9. The number of aliphatic hydroxyl groups is 3. The molecule has 4 atom stereocenters. The van der Waals surface area contributed by atoms with E-state index in [0.29, 0.717) is 54.8 Å². The maximum atomic E-state index is 12.9. The number of Topliss-reactive ketones (excluding diaryl/α,β-unsaturated/α-hetero) is 2. The standard InChI is InChI=1S/C30H39NO6.C4H6O6/c1-21(2)17-27(33)22-5-8-26(9-6-22)35-14-11-25(32)18-24(20-31-12-3-4-13-31)30(34)23-7-10-28-29(19-23)37-16-15-36-28;5-1(3(7)8)2(6)4(9)10/h5-10,19,21,24,30,34H,3-4,11-18,20H2,1-2H3;1-2,5-6H,(H,7,8)(H,9,10)/p+1/t24-,30-;1-,2-/m10/s1. The molecule has 2 aliphatic heterocycles. The molecule has 4 rings (SSSR count). The second kappa shape index (κ2) is 18.3. The van der Waals surface area contributed by atoms with Crippen LogP contribution in [-0.2, 0) is 14.4 Å². The van der Waals surface area contributed by atoms with Gasteiger partial charge in [-0.1, -0.05) is 19.9 Å². The lowest BCUT2D eigenvalue weighted by Crippen LogP contribution is -3.10. The minimum atomic E-state index is -2.27. The first-order chi connectivity index (χ1) is 22.3. The number of ketones is 2. The van der Waals surface area contributed by atoms with Crippen molar-refractivity contribution in [2.24, 2.45) is 11.8 Å². The largest absolute Gasteiger partial charge is 0.493 e. The molecule has 0 saturated carbocycles. The van der Waals surface area contributed by atoms with Crippen LogP contribution < -0.4 is 19.1 Å². The Morgan fingerprint density at radius 3 is 2.00 bits per heavy atom. The zero-order valence-electron chi connectivity index (χ0n) is 26.8. The average molecular weight is 661 g/mol. The van der Waals surface area contributed by atoms with Crippen molar-refractivity contribution in [2.75, 3.05) is 39.5 Å². The smallest absolute Gasteiger partial charge is 0.335 e. The van der Waals surface area contributed by atoms with E-state index in [-0.39, 0.29) is 30.5 Å². The van der Waals surface area contributed by atoms with E-state index in [1.807, 2.05) is 32.0 Å². The minimum absolute atomic E-state index is 0.0731. The van der Waals surface area contributed by atoms with E-state index >= 15 is 0 Å². The van der Waals surface area contributed by atoms with Gasteiger partial charge in [0.2, 0.25) is 0 Å². The Kier molecular flexibility index (Phi) is 14.6. The van der Waals surface area contributed by atoms with Gasteiger partial charge in [-0.15, -0.1) is 0 Å². The summed E-state index contributed by atoms with van der Waals surface area (Å²) in [5.41, 5.74) is 1.43. The molecule has 0 aromatic heterocycles. The quantitative estimate of drug-likeness (QED) is 0.141. The van der Waals surface area contributed by atoms with Gasteiger partial charge in [-0.05, 0) is 47.9 Å². The van der Waals surface area contributed by atoms with Crippen LogP contribution in [0.4, 0.5) is 0 Å². The summed E-state index contributed by atoms with van der Waals surface area (Å²) in [7, 11) is 0. The molecule has 0 unspecified atom stereocenters. The van der Waals surface area contributed by atoms with Gasteiger partial charge in [0.1, 0.15) is 24.7 Å². The number of quaternary nitrogens is 1. The number of benzene rings is 2.